The second-order valence-electron chi connectivity index (χ2n) is 5.96. The lowest BCUT2D eigenvalue weighted by Crippen LogP contribution is -2.29. The Bertz CT molecular complexity index is 589. The third-order valence-corrected chi connectivity index (χ3v) is 4.27. The van der Waals surface area contributed by atoms with Gasteiger partial charge in [0.25, 0.3) is 0 Å². The van der Waals surface area contributed by atoms with Crippen LogP contribution in [0.15, 0.2) is 22.4 Å². The minimum atomic E-state index is -0.695. The highest BCUT2D eigenvalue weighted by atomic mass is 16.7. The fraction of sp³-hybridized carbons (Fsp3) is 0.611. The number of carbonyl (C=O) groups is 2. The first-order valence-electron chi connectivity index (χ1n) is 8.59. The standard InChI is InChI=1S/C18H24N2O4/c1-3-7-13(16-17(21)23-12-24-18(16)22)14(11-19)15(8-4-2)20-9-5-6-10-20/h3-10,12H2,1-2H3/b15-14+. The lowest BCUT2D eigenvalue weighted by Gasteiger charge is -2.25. The van der Waals surface area contributed by atoms with Crippen molar-refractivity contribution in [3.8, 4) is 6.07 Å². The molecule has 130 valence electrons. The van der Waals surface area contributed by atoms with E-state index in [2.05, 4.69) is 17.9 Å². The molecule has 0 atom stereocenters. The van der Waals surface area contributed by atoms with E-state index in [0.29, 0.717) is 24.0 Å². The monoisotopic (exact) mass is 332 g/mol. The van der Waals surface area contributed by atoms with Gasteiger partial charge in [0.2, 0.25) is 6.79 Å². The number of likely N-dealkylation sites (tertiary alicyclic amines) is 1. The van der Waals surface area contributed by atoms with Crippen molar-refractivity contribution in [1.82, 2.24) is 4.90 Å². The van der Waals surface area contributed by atoms with Crippen molar-refractivity contribution in [3.05, 3.63) is 22.4 Å². The van der Waals surface area contributed by atoms with Crippen LogP contribution in [0.4, 0.5) is 0 Å². The van der Waals surface area contributed by atoms with E-state index in [1.54, 1.807) is 0 Å². The van der Waals surface area contributed by atoms with E-state index in [-0.39, 0.29) is 12.4 Å². The molecule has 0 radical (unpaired) electrons. The molecule has 2 rings (SSSR count). The molecule has 0 unspecified atom stereocenters. The van der Waals surface area contributed by atoms with Gasteiger partial charge in [0.1, 0.15) is 11.6 Å². The Hall–Kier alpha value is -2.29. The maximum atomic E-state index is 12.1. The Morgan fingerprint density at radius 2 is 1.67 bits per heavy atom. The molecule has 2 aliphatic rings. The Kier molecular flexibility index (Phi) is 6.42. The molecule has 6 nitrogen and oxygen atoms in total. The van der Waals surface area contributed by atoms with Crippen LogP contribution >= 0.6 is 0 Å². The average Bonchev–Trinajstić information content (AvgIpc) is 3.08. The van der Waals surface area contributed by atoms with Crippen LogP contribution in [0.3, 0.4) is 0 Å². The molecule has 6 heteroatoms. The van der Waals surface area contributed by atoms with Crippen molar-refractivity contribution in [3.63, 3.8) is 0 Å². The summed E-state index contributed by atoms with van der Waals surface area (Å²) in [6.07, 6.45) is 4.99. The number of ether oxygens (including phenoxy) is 2. The zero-order valence-electron chi connectivity index (χ0n) is 14.4. The Morgan fingerprint density at radius 1 is 1.08 bits per heavy atom. The SMILES string of the molecule is CCCC(=C1C(=O)OCOC1=O)/C(C#N)=C(\CCC)N1CCCC1. The van der Waals surface area contributed by atoms with Gasteiger partial charge in [-0.2, -0.15) is 5.26 Å². The van der Waals surface area contributed by atoms with Gasteiger partial charge >= 0.3 is 11.9 Å². The molecule has 0 N–H and O–H groups in total. The van der Waals surface area contributed by atoms with Crippen molar-refractivity contribution in [2.24, 2.45) is 0 Å². The molecule has 24 heavy (non-hydrogen) atoms. The molecule has 0 saturated carbocycles. The number of allylic oxidation sites excluding steroid dienone is 3. The van der Waals surface area contributed by atoms with Crippen LogP contribution in [0, 0.1) is 11.3 Å². The molecule has 2 aliphatic heterocycles. The van der Waals surface area contributed by atoms with E-state index < -0.39 is 11.9 Å². The van der Waals surface area contributed by atoms with Crippen molar-refractivity contribution in [1.29, 1.82) is 5.26 Å². The molecule has 0 aliphatic carbocycles. The van der Waals surface area contributed by atoms with Gasteiger partial charge in [-0.25, -0.2) is 9.59 Å². The molecule has 2 fully saturated rings. The zero-order chi connectivity index (χ0) is 17.5. The van der Waals surface area contributed by atoms with E-state index in [0.717, 1.165) is 44.5 Å². The molecular formula is C18H24N2O4. The summed E-state index contributed by atoms with van der Waals surface area (Å²) in [6.45, 7) is 5.46. The summed E-state index contributed by atoms with van der Waals surface area (Å²) in [5.41, 5.74) is 1.71. The number of nitriles is 1. The van der Waals surface area contributed by atoms with Gasteiger partial charge in [-0.05, 0) is 31.3 Å². The molecule has 2 heterocycles. The summed E-state index contributed by atoms with van der Waals surface area (Å²) < 4.78 is 9.73. The second-order valence-corrected chi connectivity index (χ2v) is 5.96. The fourth-order valence-electron chi connectivity index (χ4n) is 3.21. The van der Waals surface area contributed by atoms with E-state index in [9.17, 15) is 14.9 Å². The smallest absolute Gasteiger partial charge is 0.348 e. The second kappa shape index (κ2) is 8.53. The molecule has 0 aromatic carbocycles. The van der Waals surface area contributed by atoms with Gasteiger partial charge in [0.05, 0.1) is 5.57 Å². The van der Waals surface area contributed by atoms with Crippen molar-refractivity contribution in [2.45, 2.75) is 52.4 Å². The highest BCUT2D eigenvalue weighted by Gasteiger charge is 2.33. The molecule has 0 spiro atoms. The van der Waals surface area contributed by atoms with Crippen molar-refractivity contribution >= 4 is 11.9 Å². The van der Waals surface area contributed by atoms with Crippen molar-refractivity contribution < 1.29 is 19.1 Å². The summed E-state index contributed by atoms with van der Waals surface area (Å²) in [5, 5.41) is 9.81. The number of hydrogen-bond donors (Lipinski definition) is 0. The molecule has 0 aromatic heterocycles. The van der Waals surface area contributed by atoms with Crippen LogP contribution in [0.2, 0.25) is 0 Å². The number of nitrogens with zero attached hydrogens (tertiary/aromatic N) is 2. The lowest BCUT2D eigenvalue weighted by molar-refractivity contribution is -0.172. The first-order chi connectivity index (χ1) is 11.6. The van der Waals surface area contributed by atoms with Gasteiger partial charge in [0.15, 0.2) is 0 Å². The molecule has 2 saturated heterocycles. The quantitative estimate of drug-likeness (QED) is 0.322. The lowest BCUT2D eigenvalue weighted by atomic mass is 9.93. The summed E-state index contributed by atoms with van der Waals surface area (Å²) in [5.74, 6) is -1.39. The number of esters is 2. The minimum absolute atomic E-state index is 0.118. The average molecular weight is 332 g/mol. The summed E-state index contributed by atoms with van der Waals surface area (Å²) in [6, 6.07) is 2.25. The Balaban J connectivity index is 2.60. The van der Waals surface area contributed by atoms with Crippen LogP contribution in [-0.4, -0.2) is 36.7 Å². The normalized spacial score (nSPS) is 18.7. The topological polar surface area (TPSA) is 79.6 Å². The third-order valence-electron chi connectivity index (χ3n) is 4.27. The van der Waals surface area contributed by atoms with Crippen LogP contribution in [0.1, 0.15) is 52.4 Å². The van der Waals surface area contributed by atoms with Crippen LogP contribution < -0.4 is 0 Å². The highest BCUT2D eigenvalue weighted by molar-refractivity contribution is 6.16. The van der Waals surface area contributed by atoms with E-state index in [4.69, 9.17) is 9.47 Å². The number of carbonyl (C=O) groups excluding carboxylic acids is 2. The van der Waals surface area contributed by atoms with Gasteiger partial charge in [0, 0.05) is 18.8 Å². The Morgan fingerprint density at radius 3 is 2.17 bits per heavy atom. The first kappa shape index (κ1) is 18.1. The van der Waals surface area contributed by atoms with Crippen LogP contribution in [0.25, 0.3) is 0 Å². The minimum Gasteiger partial charge on any atom is -0.424 e. The van der Waals surface area contributed by atoms with Gasteiger partial charge in [-0.15, -0.1) is 0 Å². The highest BCUT2D eigenvalue weighted by Crippen LogP contribution is 2.31. The number of hydrogen-bond acceptors (Lipinski definition) is 6. The van der Waals surface area contributed by atoms with Crippen LogP contribution in [-0.2, 0) is 19.1 Å². The zero-order valence-corrected chi connectivity index (χ0v) is 14.4. The summed E-state index contributed by atoms with van der Waals surface area (Å²) in [7, 11) is 0. The van der Waals surface area contributed by atoms with Gasteiger partial charge in [-0.3, -0.25) is 0 Å². The van der Waals surface area contributed by atoms with Crippen LogP contribution in [0.5, 0.6) is 0 Å². The van der Waals surface area contributed by atoms with Gasteiger partial charge < -0.3 is 14.4 Å². The predicted octanol–water partition coefficient (Wildman–Crippen LogP) is 2.81. The van der Waals surface area contributed by atoms with E-state index in [1.165, 1.54) is 0 Å². The number of cyclic esters (lactones) is 2. The summed E-state index contributed by atoms with van der Waals surface area (Å²) >= 11 is 0. The summed E-state index contributed by atoms with van der Waals surface area (Å²) in [4.78, 5) is 26.4. The van der Waals surface area contributed by atoms with E-state index in [1.807, 2.05) is 6.92 Å². The van der Waals surface area contributed by atoms with Gasteiger partial charge in [-0.1, -0.05) is 26.7 Å². The van der Waals surface area contributed by atoms with E-state index >= 15 is 0 Å². The molecule has 0 amide bonds. The third kappa shape index (κ3) is 3.78. The van der Waals surface area contributed by atoms with Crippen molar-refractivity contribution in [2.75, 3.05) is 19.9 Å². The maximum absolute atomic E-state index is 12.1. The molecular weight excluding hydrogens is 308 g/mol. The predicted molar refractivity (Wildman–Crippen MR) is 87.3 cm³/mol. The molecule has 0 bridgehead atoms. The first-order valence-corrected chi connectivity index (χ1v) is 8.59. The maximum Gasteiger partial charge on any atom is 0.348 e. The molecule has 0 aromatic rings. The fourth-order valence-corrected chi connectivity index (χ4v) is 3.21. The Labute approximate surface area is 142 Å². The largest absolute Gasteiger partial charge is 0.424 e. The number of rotatable bonds is 6.